The van der Waals surface area contributed by atoms with Gasteiger partial charge in [-0.05, 0) is 38.8 Å². The van der Waals surface area contributed by atoms with Gasteiger partial charge in [-0.2, -0.15) is 0 Å². The number of allylic oxidation sites excluding steroid dienone is 1. The standard InChI is InChI=1S/C13H25N/c1-4-7-9-14(8-5-2)11-13-10-12(13)6-3/h4-11H2,1-3H3. The van der Waals surface area contributed by atoms with Crippen molar-refractivity contribution in [3.63, 3.8) is 0 Å². The van der Waals surface area contributed by atoms with Gasteiger partial charge in [0.2, 0.25) is 0 Å². The predicted octanol–water partition coefficient (Wildman–Crippen LogP) is 3.61. The zero-order valence-corrected chi connectivity index (χ0v) is 10.1. The van der Waals surface area contributed by atoms with E-state index in [2.05, 4.69) is 25.7 Å². The van der Waals surface area contributed by atoms with Gasteiger partial charge in [0.1, 0.15) is 0 Å². The molecule has 0 fully saturated rings. The van der Waals surface area contributed by atoms with Crippen LogP contribution in [0.4, 0.5) is 0 Å². The summed E-state index contributed by atoms with van der Waals surface area (Å²) in [5.41, 5.74) is 3.46. The van der Waals surface area contributed by atoms with Crippen LogP contribution in [0.1, 0.15) is 52.9 Å². The topological polar surface area (TPSA) is 3.24 Å². The minimum absolute atomic E-state index is 1.26. The van der Waals surface area contributed by atoms with Gasteiger partial charge in [0.05, 0.1) is 0 Å². The molecule has 82 valence electrons. The van der Waals surface area contributed by atoms with Crippen molar-refractivity contribution in [3.05, 3.63) is 11.1 Å². The summed E-state index contributed by atoms with van der Waals surface area (Å²) in [6.07, 6.45) is 6.58. The zero-order valence-electron chi connectivity index (χ0n) is 10.1. The monoisotopic (exact) mass is 195 g/mol. The molecule has 0 amide bonds. The Morgan fingerprint density at radius 1 is 1.00 bits per heavy atom. The first kappa shape index (κ1) is 11.8. The molecule has 0 N–H and O–H groups in total. The maximum atomic E-state index is 2.63. The molecule has 0 unspecified atom stereocenters. The van der Waals surface area contributed by atoms with Gasteiger partial charge >= 0.3 is 0 Å². The Morgan fingerprint density at radius 3 is 2.29 bits per heavy atom. The van der Waals surface area contributed by atoms with Crippen LogP contribution in [-0.4, -0.2) is 24.5 Å². The lowest BCUT2D eigenvalue weighted by Gasteiger charge is -2.19. The van der Waals surface area contributed by atoms with Crippen molar-refractivity contribution < 1.29 is 0 Å². The van der Waals surface area contributed by atoms with Crippen LogP contribution in [0.15, 0.2) is 11.1 Å². The normalized spacial score (nSPS) is 15.4. The number of nitrogens with zero attached hydrogens (tertiary/aromatic N) is 1. The van der Waals surface area contributed by atoms with Gasteiger partial charge in [0, 0.05) is 6.54 Å². The van der Waals surface area contributed by atoms with Crippen molar-refractivity contribution in [1.82, 2.24) is 4.90 Å². The van der Waals surface area contributed by atoms with Crippen LogP contribution in [0.25, 0.3) is 0 Å². The number of unbranched alkanes of at least 4 members (excludes halogenated alkanes) is 1. The Labute approximate surface area is 89.2 Å². The highest BCUT2D eigenvalue weighted by atomic mass is 15.1. The van der Waals surface area contributed by atoms with Gasteiger partial charge in [-0.3, -0.25) is 4.90 Å². The second-order valence-corrected chi connectivity index (χ2v) is 4.37. The SMILES string of the molecule is CCCCN(CCC)CC1=C(CC)C1. The summed E-state index contributed by atoms with van der Waals surface area (Å²) < 4.78 is 0. The van der Waals surface area contributed by atoms with Crippen molar-refractivity contribution in [1.29, 1.82) is 0 Å². The summed E-state index contributed by atoms with van der Waals surface area (Å²) in [7, 11) is 0. The third-order valence-corrected chi connectivity index (χ3v) is 3.01. The van der Waals surface area contributed by atoms with Crippen LogP contribution in [-0.2, 0) is 0 Å². The van der Waals surface area contributed by atoms with Crippen molar-refractivity contribution in [2.45, 2.75) is 52.9 Å². The Hall–Kier alpha value is -0.300. The minimum Gasteiger partial charge on any atom is -0.299 e. The summed E-state index contributed by atoms with van der Waals surface area (Å²) in [4.78, 5) is 2.63. The van der Waals surface area contributed by atoms with Crippen molar-refractivity contribution in [3.8, 4) is 0 Å². The van der Waals surface area contributed by atoms with Gasteiger partial charge in [-0.1, -0.05) is 38.3 Å². The van der Waals surface area contributed by atoms with Gasteiger partial charge in [-0.15, -0.1) is 0 Å². The van der Waals surface area contributed by atoms with E-state index in [9.17, 15) is 0 Å². The van der Waals surface area contributed by atoms with Crippen LogP contribution in [0.2, 0.25) is 0 Å². The molecule has 0 aromatic carbocycles. The van der Waals surface area contributed by atoms with E-state index in [1.165, 1.54) is 51.7 Å². The largest absolute Gasteiger partial charge is 0.299 e. The quantitative estimate of drug-likeness (QED) is 0.535. The zero-order chi connectivity index (χ0) is 10.4. The molecule has 1 aliphatic rings. The number of hydrogen-bond acceptors (Lipinski definition) is 1. The Balaban J connectivity index is 2.25. The highest BCUT2D eigenvalue weighted by Crippen LogP contribution is 2.33. The van der Waals surface area contributed by atoms with E-state index in [1.807, 2.05) is 0 Å². The summed E-state index contributed by atoms with van der Waals surface area (Å²) in [6, 6.07) is 0. The molecule has 0 aromatic heterocycles. The molecule has 0 atom stereocenters. The maximum absolute atomic E-state index is 2.63. The molecule has 0 saturated carbocycles. The Kier molecular flexibility index (Phi) is 5.24. The summed E-state index contributed by atoms with van der Waals surface area (Å²) >= 11 is 0. The first-order valence-electron chi connectivity index (χ1n) is 6.23. The van der Waals surface area contributed by atoms with Crippen molar-refractivity contribution in [2.24, 2.45) is 0 Å². The lowest BCUT2D eigenvalue weighted by atomic mass is 10.3. The van der Waals surface area contributed by atoms with E-state index in [1.54, 1.807) is 11.1 Å². The van der Waals surface area contributed by atoms with Crippen molar-refractivity contribution in [2.75, 3.05) is 19.6 Å². The van der Waals surface area contributed by atoms with Gasteiger partial charge in [0.25, 0.3) is 0 Å². The van der Waals surface area contributed by atoms with Crippen LogP contribution in [0, 0.1) is 0 Å². The highest BCUT2D eigenvalue weighted by molar-refractivity contribution is 5.35. The summed E-state index contributed by atoms with van der Waals surface area (Å²) in [5, 5.41) is 0. The molecule has 1 aliphatic carbocycles. The van der Waals surface area contributed by atoms with E-state index in [0.717, 1.165) is 0 Å². The Bertz CT molecular complexity index is 193. The smallest absolute Gasteiger partial charge is 0.0198 e. The first-order valence-corrected chi connectivity index (χ1v) is 6.23. The van der Waals surface area contributed by atoms with Gasteiger partial charge in [0.15, 0.2) is 0 Å². The maximum Gasteiger partial charge on any atom is 0.0198 e. The second-order valence-electron chi connectivity index (χ2n) is 4.37. The molecule has 0 bridgehead atoms. The first-order chi connectivity index (χ1) is 6.81. The van der Waals surface area contributed by atoms with E-state index in [4.69, 9.17) is 0 Å². The molecule has 0 aliphatic heterocycles. The fourth-order valence-corrected chi connectivity index (χ4v) is 1.99. The van der Waals surface area contributed by atoms with Gasteiger partial charge in [-0.25, -0.2) is 0 Å². The van der Waals surface area contributed by atoms with Crippen LogP contribution >= 0.6 is 0 Å². The molecule has 14 heavy (non-hydrogen) atoms. The molecule has 1 nitrogen and oxygen atoms in total. The van der Waals surface area contributed by atoms with E-state index in [-0.39, 0.29) is 0 Å². The molecular formula is C13H25N. The number of hydrogen-bond donors (Lipinski definition) is 0. The average Bonchev–Trinajstić information content (AvgIpc) is 2.93. The molecular weight excluding hydrogens is 170 g/mol. The fraction of sp³-hybridized carbons (Fsp3) is 0.846. The van der Waals surface area contributed by atoms with E-state index < -0.39 is 0 Å². The van der Waals surface area contributed by atoms with Crippen LogP contribution in [0.3, 0.4) is 0 Å². The third-order valence-electron chi connectivity index (χ3n) is 3.01. The molecule has 0 saturated heterocycles. The molecule has 1 rings (SSSR count). The second kappa shape index (κ2) is 6.23. The van der Waals surface area contributed by atoms with Crippen LogP contribution < -0.4 is 0 Å². The number of rotatable bonds is 8. The fourth-order valence-electron chi connectivity index (χ4n) is 1.99. The predicted molar refractivity (Wildman–Crippen MR) is 63.6 cm³/mol. The third kappa shape index (κ3) is 3.83. The minimum atomic E-state index is 1.26. The van der Waals surface area contributed by atoms with E-state index >= 15 is 0 Å². The lowest BCUT2D eigenvalue weighted by molar-refractivity contribution is 0.294. The van der Waals surface area contributed by atoms with E-state index in [0.29, 0.717) is 0 Å². The summed E-state index contributed by atoms with van der Waals surface area (Å²) in [5.74, 6) is 0. The Morgan fingerprint density at radius 2 is 1.79 bits per heavy atom. The molecule has 1 heteroatoms. The molecule has 0 heterocycles. The summed E-state index contributed by atoms with van der Waals surface area (Å²) in [6.45, 7) is 10.7. The lowest BCUT2D eigenvalue weighted by Crippen LogP contribution is -2.26. The van der Waals surface area contributed by atoms with Crippen LogP contribution in [0.5, 0.6) is 0 Å². The average molecular weight is 195 g/mol. The molecule has 0 aromatic rings. The van der Waals surface area contributed by atoms with Gasteiger partial charge < -0.3 is 0 Å². The molecule has 0 spiro atoms. The highest BCUT2D eigenvalue weighted by Gasteiger charge is 2.20. The molecule has 0 radical (unpaired) electrons. The van der Waals surface area contributed by atoms with Crippen molar-refractivity contribution >= 4 is 0 Å².